The smallest absolute Gasteiger partial charge is 0.151 e. The summed E-state index contributed by atoms with van der Waals surface area (Å²) in [6.07, 6.45) is 1.03. The molecule has 1 aromatic heterocycles. The average molecular weight is 277 g/mol. The van der Waals surface area contributed by atoms with Crippen LogP contribution in [0.15, 0.2) is 46.8 Å². The van der Waals surface area contributed by atoms with Crippen LogP contribution in [-0.2, 0) is 12.8 Å². The van der Waals surface area contributed by atoms with Gasteiger partial charge in [-0.05, 0) is 34.7 Å². The van der Waals surface area contributed by atoms with Crippen molar-refractivity contribution in [3.8, 4) is 12.1 Å². The van der Waals surface area contributed by atoms with Gasteiger partial charge in [0.25, 0.3) is 0 Å². The summed E-state index contributed by atoms with van der Waals surface area (Å²) in [5.41, 5.74) is 2.20. The number of nitrogens with zero attached hydrogens (tertiary/aromatic N) is 3. The lowest BCUT2D eigenvalue weighted by molar-refractivity contribution is 0.560. The maximum atomic E-state index is 9.20. The van der Waals surface area contributed by atoms with Gasteiger partial charge in [-0.15, -0.1) is 11.3 Å². The molecule has 0 saturated carbocycles. The Morgan fingerprint density at radius 2 is 1.75 bits per heavy atom. The van der Waals surface area contributed by atoms with Crippen LogP contribution in [0.25, 0.3) is 0 Å². The first-order valence-corrected chi connectivity index (χ1v) is 7.15. The Morgan fingerprint density at radius 1 is 1.05 bits per heavy atom. The van der Waals surface area contributed by atoms with Crippen LogP contribution >= 0.6 is 11.3 Å². The quantitative estimate of drug-likeness (QED) is 0.804. The van der Waals surface area contributed by atoms with Crippen molar-refractivity contribution < 1.29 is 0 Å². The van der Waals surface area contributed by atoms with Crippen LogP contribution in [0.5, 0.6) is 0 Å². The summed E-state index contributed by atoms with van der Waals surface area (Å²) in [5, 5.41) is 20.4. The summed E-state index contributed by atoms with van der Waals surface area (Å²) in [6.45, 7) is 0. The lowest BCUT2D eigenvalue weighted by Gasteiger charge is -2.06. The van der Waals surface area contributed by atoms with E-state index >= 15 is 0 Å². The zero-order valence-corrected chi connectivity index (χ0v) is 11.5. The van der Waals surface area contributed by atoms with Gasteiger partial charge in [-0.2, -0.15) is 10.5 Å². The van der Waals surface area contributed by atoms with E-state index in [0.717, 1.165) is 21.5 Å². The van der Waals surface area contributed by atoms with Crippen LogP contribution in [-0.4, -0.2) is 0 Å². The number of hydrogen-bond donors (Lipinski definition) is 0. The van der Waals surface area contributed by atoms with E-state index in [-0.39, 0.29) is 0 Å². The first kappa shape index (κ1) is 12.6. The molecule has 0 unspecified atom stereocenters. The van der Waals surface area contributed by atoms with E-state index in [1.807, 2.05) is 41.8 Å². The first-order chi connectivity index (χ1) is 9.74. The van der Waals surface area contributed by atoms with Gasteiger partial charge in [0.2, 0.25) is 0 Å². The molecule has 1 heterocycles. The van der Waals surface area contributed by atoms with Gasteiger partial charge in [-0.1, -0.05) is 18.2 Å². The van der Waals surface area contributed by atoms with Crippen molar-refractivity contribution >= 4 is 17.0 Å². The predicted octanol–water partition coefficient (Wildman–Crippen LogP) is 3.11. The standard InChI is InChI=1S/C16H11N3S/c17-10-16(11-18)7-12-6-15(20-9-13(12)8-16)19-14-4-2-1-3-5-14/h1-6,9H,7-8H2. The van der Waals surface area contributed by atoms with Crippen molar-refractivity contribution in [1.82, 2.24) is 0 Å². The fraction of sp³-hybridized carbons (Fsp3) is 0.188. The summed E-state index contributed by atoms with van der Waals surface area (Å²) in [5.74, 6) is 0. The number of nitriles is 2. The molecule has 0 amide bonds. The van der Waals surface area contributed by atoms with Gasteiger partial charge in [0.15, 0.2) is 5.41 Å². The molecule has 4 heteroatoms. The summed E-state index contributed by atoms with van der Waals surface area (Å²) >= 11 is 1.55. The minimum Gasteiger partial charge on any atom is -0.238 e. The molecular formula is C16H11N3S. The fourth-order valence-corrected chi connectivity index (χ4v) is 3.25. The number of para-hydroxylation sites is 1. The highest BCUT2D eigenvalue weighted by Crippen LogP contribution is 2.35. The van der Waals surface area contributed by atoms with Crippen LogP contribution in [0, 0.1) is 28.1 Å². The molecule has 3 rings (SSSR count). The van der Waals surface area contributed by atoms with E-state index < -0.39 is 5.41 Å². The highest BCUT2D eigenvalue weighted by molar-refractivity contribution is 7.07. The van der Waals surface area contributed by atoms with Crippen LogP contribution in [0.2, 0.25) is 0 Å². The summed E-state index contributed by atoms with van der Waals surface area (Å²) < 4.78 is 0.904. The van der Waals surface area contributed by atoms with Crippen molar-refractivity contribution in [1.29, 1.82) is 10.5 Å². The van der Waals surface area contributed by atoms with Crippen LogP contribution in [0.1, 0.15) is 11.1 Å². The largest absolute Gasteiger partial charge is 0.238 e. The topological polar surface area (TPSA) is 59.9 Å². The van der Waals surface area contributed by atoms with Gasteiger partial charge in [0.05, 0.1) is 17.8 Å². The Hall–Kier alpha value is -2.43. The second-order valence-electron chi connectivity index (χ2n) is 4.88. The normalized spacial score (nSPS) is 16.2. The maximum Gasteiger partial charge on any atom is 0.151 e. The fourth-order valence-electron chi connectivity index (χ4n) is 2.39. The molecule has 0 fully saturated rings. The van der Waals surface area contributed by atoms with Gasteiger partial charge >= 0.3 is 0 Å². The number of rotatable bonds is 1. The molecule has 0 atom stereocenters. The van der Waals surface area contributed by atoms with E-state index in [0.29, 0.717) is 12.8 Å². The molecule has 96 valence electrons. The Bertz CT molecular complexity index is 777. The van der Waals surface area contributed by atoms with Crippen molar-refractivity contribution in [2.75, 3.05) is 0 Å². The second-order valence-corrected chi connectivity index (χ2v) is 5.77. The molecule has 0 aliphatic heterocycles. The van der Waals surface area contributed by atoms with Gasteiger partial charge in [-0.25, -0.2) is 4.99 Å². The van der Waals surface area contributed by atoms with Gasteiger partial charge < -0.3 is 0 Å². The average Bonchev–Trinajstić information content (AvgIpc) is 2.87. The van der Waals surface area contributed by atoms with E-state index in [1.165, 1.54) is 0 Å². The third-order valence-electron chi connectivity index (χ3n) is 3.44. The van der Waals surface area contributed by atoms with Crippen LogP contribution in [0.3, 0.4) is 0 Å². The van der Waals surface area contributed by atoms with Crippen LogP contribution in [0.4, 0.5) is 5.69 Å². The van der Waals surface area contributed by atoms with Crippen molar-refractivity contribution in [3.05, 3.63) is 57.6 Å². The van der Waals surface area contributed by atoms with Gasteiger partial charge in [-0.3, -0.25) is 0 Å². The maximum absolute atomic E-state index is 9.20. The molecule has 20 heavy (non-hydrogen) atoms. The Kier molecular flexibility index (Phi) is 3.10. The van der Waals surface area contributed by atoms with E-state index in [4.69, 9.17) is 0 Å². The lowest BCUT2D eigenvalue weighted by Crippen LogP contribution is -2.15. The number of fused-ring (bicyclic) bond motifs is 1. The number of benzene rings is 1. The Morgan fingerprint density at radius 3 is 2.45 bits per heavy atom. The van der Waals surface area contributed by atoms with Gasteiger partial charge in [0, 0.05) is 12.8 Å². The molecule has 0 spiro atoms. The highest BCUT2D eigenvalue weighted by Gasteiger charge is 2.37. The molecule has 3 nitrogen and oxygen atoms in total. The highest BCUT2D eigenvalue weighted by atomic mass is 32.1. The third-order valence-corrected chi connectivity index (χ3v) is 4.29. The minimum atomic E-state index is -0.888. The molecule has 2 aromatic rings. The monoisotopic (exact) mass is 277 g/mol. The molecule has 1 aliphatic rings. The predicted molar refractivity (Wildman–Crippen MR) is 77.1 cm³/mol. The molecule has 1 aromatic carbocycles. The van der Waals surface area contributed by atoms with E-state index in [9.17, 15) is 10.5 Å². The summed E-state index contributed by atoms with van der Waals surface area (Å²) in [6, 6.07) is 16.1. The van der Waals surface area contributed by atoms with Crippen molar-refractivity contribution in [3.63, 3.8) is 0 Å². The van der Waals surface area contributed by atoms with Crippen LogP contribution < -0.4 is 4.67 Å². The zero-order chi connectivity index (χ0) is 14.0. The SMILES string of the molecule is N#CC1(C#N)Cc2csc(=Nc3ccccc3)cc2C1. The van der Waals surface area contributed by atoms with Gasteiger partial charge in [0.1, 0.15) is 4.67 Å². The van der Waals surface area contributed by atoms with Crippen molar-refractivity contribution in [2.45, 2.75) is 12.8 Å². The molecule has 1 aliphatic carbocycles. The minimum absolute atomic E-state index is 0.500. The zero-order valence-electron chi connectivity index (χ0n) is 10.7. The Labute approximate surface area is 121 Å². The summed E-state index contributed by atoms with van der Waals surface area (Å²) in [7, 11) is 0. The molecular weight excluding hydrogens is 266 g/mol. The number of hydrogen-bond acceptors (Lipinski definition) is 4. The lowest BCUT2D eigenvalue weighted by atomic mass is 9.89. The third kappa shape index (κ3) is 2.22. The molecule has 0 radical (unpaired) electrons. The first-order valence-electron chi connectivity index (χ1n) is 6.28. The van der Waals surface area contributed by atoms with Crippen molar-refractivity contribution in [2.24, 2.45) is 10.4 Å². The molecule has 0 bridgehead atoms. The Balaban J connectivity index is 2.01. The second kappa shape index (κ2) is 4.92. The van der Waals surface area contributed by atoms with E-state index in [2.05, 4.69) is 17.1 Å². The summed E-state index contributed by atoms with van der Waals surface area (Å²) in [4.78, 5) is 4.57. The van der Waals surface area contributed by atoms with E-state index in [1.54, 1.807) is 11.3 Å². The molecule has 0 saturated heterocycles. The molecule has 0 N–H and O–H groups in total.